The molecule has 0 aliphatic rings. The van der Waals surface area contributed by atoms with Crippen LogP contribution in [0.25, 0.3) is 0 Å². The van der Waals surface area contributed by atoms with Crippen LogP contribution in [0, 0.1) is 0 Å². The fourth-order valence-electron chi connectivity index (χ4n) is 1.07. The maximum Gasteiger partial charge on any atom is 0.410 e. The molecule has 6 nitrogen and oxygen atoms in total. The van der Waals surface area contributed by atoms with Gasteiger partial charge in [0.1, 0.15) is 11.2 Å². The Morgan fingerprint density at radius 3 is 1.89 bits per heavy atom. The van der Waals surface area contributed by atoms with Crippen molar-refractivity contribution in [3.8, 4) is 0 Å². The maximum atomic E-state index is 11.6. The highest BCUT2D eigenvalue weighted by Crippen LogP contribution is 2.09. The van der Waals surface area contributed by atoms with Crippen LogP contribution < -0.4 is 5.32 Å². The van der Waals surface area contributed by atoms with Crippen molar-refractivity contribution in [3.05, 3.63) is 0 Å². The Kier molecular flexibility index (Phi) is 6.12. The van der Waals surface area contributed by atoms with Crippen molar-refractivity contribution in [1.82, 2.24) is 10.2 Å². The van der Waals surface area contributed by atoms with Crippen LogP contribution in [0.3, 0.4) is 0 Å². The number of carbonyl (C=O) groups excluding carboxylic acids is 2. The van der Waals surface area contributed by atoms with Crippen molar-refractivity contribution < 1.29 is 19.1 Å². The third kappa shape index (κ3) is 10.2. The minimum atomic E-state index is -0.527. The van der Waals surface area contributed by atoms with E-state index in [4.69, 9.17) is 9.47 Å². The van der Waals surface area contributed by atoms with Gasteiger partial charge in [-0.05, 0) is 41.5 Å². The van der Waals surface area contributed by atoms with Gasteiger partial charge in [-0.15, -0.1) is 0 Å². The number of alkyl carbamates (subject to hydrolysis) is 1. The van der Waals surface area contributed by atoms with Crippen molar-refractivity contribution in [1.29, 1.82) is 0 Å². The fourth-order valence-corrected chi connectivity index (χ4v) is 1.07. The van der Waals surface area contributed by atoms with Crippen molar-refractivity contribution in [2.45, 2.75) is 52.7 Å². The van der Waals surface area contributed by atoms with E-state index in [1.165, 1.54) is 4.90 Å². The van der Waals surface area contributed by atoms with E-state index in [2.05, 4.69) is 5.32 Å². The van der Waals surface area contributed by atoms with E-state index in [0.29, 0.717) is 13.1 Å². The Morgan fingerprint density at radius 2 is 1.47 bits per heavy atom. The molecule has 0 aliphatic carbocycles. The number of rotatable bonds is 3. The van der Waals surface area contributed by atoms with Crippen LogP contribution in [-0.2, 0) is 9.47 Å². The van der Waals surface area contributed by atoms with Crippen molar-refractivity contribution in [2.75, 3.05) is 20.1 Å². The molecule has 0 aliphatic heterocycles. The maximum absolute atomic E-state index is 11.6. The van der Waals surface area contributed by atoms with Gasteiger partial charge in [0, 0.05) is 20.1 Å². The van der Waals surface area contributed by atoms with E-state index in [9.17, 15) is 9.59 Å². The summed E-state index contributed by atoms with van der Waals surface area (Å²) in [6.07, 6.45) is -0.913. The molecular formula is C13H26N2O4. The molecule has 0 saturated heterocycles. The molecule has 0 spiro atoms. The zero-order valence-electron chi connectivity index (χ0n) is 13.0. The first-order valence-corrected chi connectivity index (χ1v) is 6.32. The molecule has 112 valence electrons. The second kappa shape index (κ2) is 6.63. The summed E-state index contributed by atoms with van der Waals surface area (Å²) in [6, 6.07) is 0. The molecule has 1 N–H and O–H groups in total. The zero-order chi connectivity index (χ0) is 15.3. The average molecular weight is 274 g/mol. The third-order valence-electron chi connectivity index (χ3n) is 1.82. The highest BCUT2D eigenvalue weighted by molar-refractivity contribution is 5.69. The highest BCUT2D eigenvalue weighted by atomic mass is 16.6. The van der Waals surface area contributed by atoms with E-state index < -0.39 is 23.4 Å². The standard InChI is InChI=1S/C13H26N2O4/c1-12(2,3)18-10(16)14-8-9-15(7)11(17)19-13(4,5)6/h8-9H2,1-7H3,(H,14,16). The molecule has 0 heterocycles. The number of amides is 2. The normalized spacial score (nSPS) is 11.7. The largest absolute Gasteiger partial charge is 0.444 e. The Hall–Kier alpha value is -1.46. The first-order valence-electron chi connectivity index (χ1n) is 6.32. The fraction of sp³-hybridized carbons (Fsp3) is 0.846. The van der Waals surface area contributed by atoms with Crippen LogP contribution in [0.1, 0.15) is 41.5 Å². The Bertz CT molecular complexity index is 316. The summed E-state index contributed by atoms with van der Waals surface area (Å²) in [5, 5.41) is 2.58. The molecule has 0 rings (SSSR count). The highest BCUT2D eigenvalue weighted by Gasteiger charge is 2.20. The molecule has 0 unspecified atom stereocenters. The first kappa shape index (κ1) is 17.5. The minimum Gasteiger partial charge on any atom is -0.444 e. The second-order valence-electron chi connectivity index (χ2n) is 6.33. The van der Waals surface area contributed by atoms with Gasteiger partial charge in [-0.3, -0.25) is 0 Å². The summed E-state index contributed by atoms with van der Waals surface area (Å²) in [6.45, 7) is 11.4. The molecule has 0 fully saturated rings. The van der Waals surface area contributed by atoms with Crippen molar-refractivity contribution in [2.24, 2.45) is 0 Å². The van der Waals surface area contributed by atoms with Crippen molar-refractivity contribution in [3.63, 3.8) is 0 Å². The lowest BCUT2D eigenvalue weighted by Gasteiger charge is -2.25. The van der Waals surface area contributed by atoms with Gasteiger partial charge in [0.05, 0.1) is 0 Å². The molecule has 19 heavy (non-hydrogen) atoms. The van der Waals surface area contributed by atoms with Gasteiger partial charge in [0.2, 0.25) is 0 Å². The first-order chi connectivity index (χ1) is 8.41. The molecule has 0 bridgehead atoms. The van der Waals surface area contributed by atoms with Gasteiger partial charge in [-0.1, -0.05) is 0 Å². The van der Waals surface area contributed by atoms with Gasteiger partial charge >= 0.3 is 12.2 Å². The summed E-state index contributed by atoms with van der Waals surface area (Å²) < 4.78 is 10.3. The molecule has 6 heteroatoms. The summed E-state index contributed by atoms with van der Waals surface area (Å²) in [5.74, 6) is 0. The van der Waals surface area contributed by atoms with Crippen LogP contribution in [0.4, 0.5) is 9.59 Å². The lowest BCUT2D eigenvalue weighted by molar-refractivity contribution is 0.0288. The average Bonchev–Trinajstić information content (AvgIpc) is 2.11. The van der Waals surface area contributed by atoms with Gasteiger partial charge in [-0.2, -0.15) is 0 Å². The predicted molar refractivity (Wildman–Crippen MR) is 73.1 cm³/mol. The number of nitrogens with one attached hydrogen (secondary N) is 1. The molecule has 0 radical (unpaired) electrons. The zero-order valence-corrected chi connectivity index (χ0v) is 13.0. The Balaban J connectivity index is 3.95. The van der Waals surface area contributed by atoms with Gasteiger partial charge < -0.3 is 19.7 Å². The molecule has 2 amide bonds. The summed E-state index contributed by atoms with van der Waals surface area (Å²) in [5.41, 5.74) is -1.05. The SMILES string of the molecule is CN(CCNC(=O)OC(C)(C)C)C(=O)OC(C)(C)C. The van der Waals surface area contributed by atoms with Crippen LogP contribution in [0.15, 0.2) is 0 Å². The molecule has 0 saturated carbocycles. The van der Waals surface area contributed by atoms with Gasteiger partial charge in [0.15, 0.2) is 0 Å². The van der Waals surface area contributed by atoms with E-state index >= 15 is 0 Å². The number of nitrogens with zero attached hydrogens (tertiary/aromatic N) is 1. The van der Waals surface area contributed by atoms with Gasteiger partial charge in [-0.25, -0.2) is 9.59 Å². The van der Waals surface area contributed by atoms with E-state index in [0.717, 1.165) is 0 Å². The number of carbonyl (C=O) groups is 2. The second-order valence-corrected chi connectivity index (χ2v) is 6.33. The van der Waals surface area contributed by atoms with E-state index in [1.807, 2.05) is 0 Å². The molecule has 0 aromatic heterocycles. The summed E-state index contributed by atoms with van der Waals surface area (Å²) in [7, 11) is 1.62. The topological polar surface area (TPSA) is 67.9 Å². The Morgan fingerprint density at radius 1 is 1.00 bits per heavy atom. The number of ether oxygens (including phenoxy) is 2. The van der Waals surface area contributed by atoms with Crippen LogP contribution >= 0.6 is 0 Å². The molecule has 0 atom stereocenters. The van der Waals surface area contributed by atoms with Gasteiger partial charge in [0.25, 0.3) is 0 Å². The minimum absolute atomic E-state index is 0.310. The smallest absolute Gasteiger partial charge is 0.410 e. The monoisotopic (exact) mass is 274 g/mol. The number of hydrogen-bond donors (Lipinski definition) is 1. The summed E-state index contributed by atoms with van der Waals surface area (Å²) in [4.78, 5) is 24.4. The lowest BCUT2D eigenvalue weighted by atomic mass is 10.2. The third-order valence-corrected chi connectivity index (χ3v) is 1.82. The number of likely N-dealkylation sites (N-methyl/N-ethyl adjacent to an activating group) is 1. The van der Waals surface area contributed by atoms with E-state index in [1.54, 1.807) is 48.6 Å². The Labute approximate surface area is 115 Å². The van der Waals surface area contributed by atoms with E-state index in [-0.39, 0.29) is 0 Å². The van der Waals surface area contributed by atoms with Crippen LogP contribution in [-0.4, -0.2) is 48.4 Å². The summed E-state index contributed by atoms with van der Waals surface area (Å²) >= 11 is 0. The molecule has 0 aromatic rings. The van der Waals surface area contributed by atoms with Crippen molar-refractivity contribution >= 4 is 12.2 Å². The van der Waals surface area contributed by atoms with Crippen LogP contribution in [0.5, 0.6) is 0 Å². The molecule has 0 aromatic carbocycles. The quantitative estimate of drug-likeness (QED) is 0.858. The molecular weight excluding hydrogens is 248 g/mol. The predicted octanol–water partition coefficient (Wildman–Crippen LogP) is 2.38. The van der Waals surface area contributed by atoms with Crippen LogP contribution in [0.2, 0.25) is 0 Å². The number of hydrogen-bond acceptors (Lipinski definition) is 4. The lowest BCUT2D eigenvalue weighted by Crippen LogP contribution is -2.40.